The minimum atomic E-state index is -0.421. The second kappa shape index (κ2) is 5.55. The molecule has 1 heterocycles. The van der Waals surface area contributed by atoms with Crippen LogP contribution in [0.2, 0.25) is 0 Å². The maximum absolute atomic E-state index is 10.2. The van der Waals surface area contributed by atoms with Crippen LogP contribution in [0.3, 0.4) is 0 Å². The van der Waals surface area contributed by atoms with Gasteiger partial charge in [-0.3, -0.25) is 0 Å². The molecular formula is C15H18O2S. The van der Waals surface area contributed by atoms with Crippen LogP contribution in [0.4, 0.5) is 0 Å². The lowest BCUT2D eigenvalue weighted by Crippen LogP contribution is -1.99. The molecule has 0 saturated carbocycles. The molecule has 0 aliphatic carbocycles. The Morgan fingerprint density at radius 2 is 1.89 bits per heavy atom. The minimum absolute atomic E-state index is 0.421. The van der Waals surface area contributed by atoms with Gasteiger partial charge in [0.2, 0.25) is 0 Å². The van der Waals surface area contributed by atoms with E-state index in [4.69, 9.17) is 4.74 Å². The second-order valence-corrected chi connectivity index (χ2v) is 5.74. The fraction of sp³-hybridized carbons (Fsp3) is 0.333. The van der Waals surface area contributed by atoms with Crippen LogP contribution < -0.4 is 4.74 Å². The molecule has 18 heavy (non-hydrogen) atoms. The van der Waals surface area contributed by atoms with Gasteiger partial charge in [0.15, 0.2) is 0 Å². The number of benzene rings is 1. The summed E-state index contributed by atoms with van der Waals surface area (Å²) in [6.45, 7) is 4.17. The standard InChI is InChI=1S/C15H18O2S/c1-10-8-15(18-11(10)2)14(16)9-12-4-6-13(17-3)7-5-12/h4-8,14,16H,9H2,1-3H3. The van der Waals surface area contributed by atoms with E-state index in [2.05, 4.69) is 19.9 Å². The number of hydrogen-bond donors (Lipinski definition) is 1. The molecule has 2 rings (SSSR count). The molecule has 0 aliphatic heterocycles. The van der Waals surface area contributed by atoms with Crippen LogP contribution in [0.25, 0.3) is 0 Å². The van der Waals surface area contributed by atoms with E-state index in [1.54, 1.807) is 18.4 Å². The molecular weight excluding hydrogens is 244 g/mol. The van der Waals surface area contributed by atoms with Gasteiger partial charge in [-0.1, -0.05) is 12.1 Å². The molecule has 2 nitrogen and oxygen atoms in total. The highest BCUT2D eigenvalue weighted by Crippen LogP contribution is 2.28. The highest BCUT2D eigenvalue weighted by atomic mass is 32.1. The lowest BCUT2D eigenvalue weighted by atomic mass is 10.1. The second-order valence-electron chi connectivity index (χ2n) is 4.46. The van der Waals surface area contributed by atoms with Crippen molar-refractivity contribution in [3.63, 3.8) is 0 Å². The predicted octanol–water partition coefficient (Wildman–Crippen LogP) is 3.65. The number of aliphatic hydroxyl groups excluding tert-OH is 1. The zero-order valence-electron chi connectivity index (χ0n) is 10.9. The fourth-order valence-corrected chi connectivity index (χ4v) is 2.88. The quantitative estimate of drug-likeness (QED) is 0.911. The number of aryl methyl sites for hydroxylation is 2. The summed E-state index contributed by atoms with van der Waals surface area (Å²) >= 11 is 1.67. The average Bonchev–Trinajstić information content (AvgIpc) is 2.71. The van der Waals surface area contributed by atoms with Crippen LogP contribution in [-0.4, -0.2) is 12.2 Å². The van der Waals surface area contributed by atoms with Crippen molar-refractivity contribution < 1.29 is 9.84 Å². The molecule has 1 aromatic heterocycles. The summed E-state index contributed by atoms with van der Waals surface area (Å²) in [6.07, 6.45) is 0.222. The van der Waals surface area contributed by atoms with Gasteiger partial charge in [0.25, 0.3) is 0 Å². The van der Waals surface area contributed by atoms with E-state index < -0.39 is 6.10 Å². The smallest absolute Gasteiger partial charge is 0.118 e. The van der Waals surface area contributed by atoms with Gasteiger partial charge in [0.05, 0.1) is 13.2 Å². The summed E-state index contributed by atoms with van der Waals surface area (Å²) in [5.74, 6) is 0.844. The maximum atomic E-state index is 10.2. The van der Waals surface area contributed by atoms with Crippen molar-refractivity contribution >= 4 is 11.3 Å². The Labute approximate surface area is 112 Å². The van der Waals surface area contributed by atoms with E-state index in [-0.39, 0.29) is 0 Å². The van der Waals surface area contributed by atoms with E-state index >= 15 is 0 Å². The first kappa shape index (κ1) is 13.1. The van der Waals surface area contributed by atoms with Crippen LogP contribution in [0, 0.1) is 13.8 Å². The van der Waals surface area contributed by atoms with Gasteiger partial charge in [-0.05, 0) is 43.2 Å². The van der Waals surface area contributed by atoms with E-state index in [9.17, 15) is 5.11 Å². The number of thiophene rings is 1. The van der Waals surface area contributed by atoms with E-state index in [0.717, 1.165) is 16.2 Å². The third-order valence-corrected chi connectivity index (χ3v) is 4.36. The first-order valence-corrected chi connectivity index (χ1v) is 6.79. The Hall–Kier alpha value is -1.32. The molecule has 0 bridgehead atoms. The molecule has 96 valence electrons. The van der Waals surface area contributed by atoms with Crippen molar-refractivity contribution in [1.82, 2.24) is 0 Å². The van der Waals surface area contributed by atoms with Gasteiger partial charge in [-0.15, -0.1) is 11.3 Å². The molecule has 0 saturated heterocycles. The fourth-order valence-electron chi connectivity index (χ4n) is 1.85. The average molecular weight is 262 g/mol. The van der Waals surface area contributed by atoms with Gasteiger partial charge >= 0.3 is 0 Å². The number of hydrogen-bond acceptors (Lipinski definition) is 3. The predicted molar refractivity (Wildman–Crippen MR) is 75.5 cm³/mol. The van der Waals surface area contributed by atoms with E-state index in [1.165, 1.54) is 10.4 Å². The molecule has 2 aromatic rings. The van der Waals surface area contributed by atoms with Crippen LogP contribution in [0.15, 0.2) is 30.3 Å². The summed E-state index contributed by atoms with van der Waals surface area (Å²) in [6, 6.07) is 9.92. The minimum Gasteiger partial charge on any atom is -0.497 e. The van der Waals surface area contributed by atoms with Crippen LogP contribution in [0.5, 0.6) is 5.75 Å². The Bertz CT molecular complexity index is 494. The van der Waals surface area contributed by atoms with Crippen molar-refractivity contribution in [1.29, 1.82) is 0 Å². The third-order valence-electron chi connectivity index (χ3n) is 3.10. The van der Waals surface area contributed by atoms with Crippen molar-refractivity contribution in [2.45, 2.75) is 26.4 Å². The van der Waals surface area contributed by atoms with Crippen LogP contribution in [0.1, 0.15) is 27.0 Å². The highest BCUT2D eigenvalue weighted by molar-refractivity contribution is 7.12. The molecule has 0 aliphatic rings. The van der Waals surface area contributed by atoms with Gasteiger partial charge in [-0.25, -0.2) is 0 Å². The lowest BCUT2D eigenvalue weighted by Gasteiger charge is -2.09. The highest BCUT2D eigenvalue weighted by Gasteiger charge is 2.12. The van der Waals surface area contributed by atoms with Crippen LogP contribution in [-0.2, 0) is 6.42 Å². The number of ether oxygens (including phenoxy) is 1. The molecule has 1 atom stereocenters. The SMILES string of the molecule is COc1ccc(CC(O)c2cc(C)c(C)s2)cc1. The molecule has 0 spiro atoms. The number of aliphatic hydroxyl groups is 1. The molecule has 0 radical (unpaired) electrons. The largest absolute Gasteiger partial charge is 0.497 e. The van der Waals surface area contributed by atoms with Gasteiger partial charge in [0.1, 0.15) is 5.75 Å². The molecule has 1 N–H and O–H groups in total. The molecule has 0 amide bonds. The molecule has 1 aromatic carbocycles. The topological polar surface area (TPSA) is 29.5 Å². The Morgan fingerprint density at radius 3 is 2.39 bits per heavy atom. The van der Waals surface area contributed by atoms with E-state index in [1.807, 2.05) is 24.3 Å². The van der Waals surface area contributed by atoms with Crippen molar-refractivity contribution in [2.24, 2.45) is 0 Å². The number of methoxy groups -OCH3 is 1. The molecule has 0 fully saturated rings. The summed E-state index contributed by atoms with van der Waals surface area (Å²) in [5, 5.41) is 10.2. The first-order chi connectivity index (χ1) is 8.60. The Kier molecular flexibility index (Phi) is 4.04. The zero-order valence-corrected chi connectivity index (χ0v) is 11.8. The lowest BCUT2D eigenvalue weighted by molar-refractivity contribution is 0.182. The summed E-state index contributed by atoms with van der Waals surface area (Å²) in [7, 11) is 1.65. The van der Waals surface area contributed by atoms with Crippen molar-refractivity contribution in [3.8, 4) is 5.75 Å². The Balaban J connectivity index is 2.08. The zero-order chi connectivity index (χ0) is 13.1. The normalized spacial score (nSPS) is 12.4. The summed E-state index contributed by atoms with van der Waals surface area (Å²) in [4.78, 5) is 2.32. The van der Waals surface area contributed by atoms with Crippen LogP contribution >= 0.6 is 11.3 Å². The van der Waals surface area contributed by atoms with Crippen molar-refractivity contribution in [3.05, 3.63) is 51.2 Å². The summed E-state index contributed by atoms with van der Waals surface area (Å²) in [5.41, 5.74) is 2.37. The third kappa shape index (κ3) is 2.92. The van der Waals surface area contributed by atoms with Gasteiger partial charge < -0.3 is 9.84 Å². The summed E-state index contributed by atoms with van der Waals surface area (Å²) < 4.78 is 5.12. The Morgan fingerprint density at radius 1 is 1.22 bits per heavy atom. The van der Waals surface area contributed by atoms with E-state index in [0.29, 0.717) is 6.42 Å². The maximum Gasteiger partial charge on any atom is 0.118 e. The number of rotatable bonds is 4. The van der Waals surface area contributed by atoms with Gasteiger partial charge in [0, 0.05) is 16.2 Å². The van der Waals surface area contributed by atoms with Gasteiger partial charge in [-0.2, -0.15) is 0 Å². The van der Waals surface area contributed by atoms with Crippen molar-refractivity contribution in [2.75, 3.05) is 7.11 Å². The monoisotopic (exact) mass is 262 g/mol. The first-order valence-electron chi connectivity index (χ1n) is 5.98. The molecule has 1 unspecified atom stereocenters. The molecule has 3 heteroatoms.